The average molecular weight is 381 g/mol. The SMILES string of the molecule is C=C(C)c1cnc2c(NCc3cccc4c3C=CC4)nc(Br)cn12. The number of benzene rings is 1. The van der Waals surface area contributed by atoms with Crippen molar-refractivity contribution >= 4 is 39.0 Å². The number of nitrogens with zero attached hydrogens (tertiary/aromatic N) is 3. The van der Waals surface area contributed by atoms with Crippen molar-refractivity contribution in [3.8, 4) is 0 Å². The van der Waals surface area contributed by atoms with Gasteiger partial charge < -0.3 is 5.32 Å². The normalized spacial score (nSPS) is 12.6. The number of hydrogen-bond donors (Lipinski definition) is 1. The minimum absolute atomic E-state index is 0.710. The fourth-order valence-electron chi connectivity index (χ4n) is 3.09. The monoisotopic (exact) mass is 380 g/mol. The summed E-state index contributed by atoms with van der Waals surface area (Å²) < 4.78 is 2.77. The molecule has 4 nitrogen and oxygen atoms in total. The summed E-state index contributed by atoms with van der Waals surface area (Å²) in [7, 11) is 0. The van der Waals surface area contributed by atoms with E-state index < -0.39 is 0 Å². The number of hydrogen-bond acceptors (Lipinski definition) is 3. The Kier molecular flexibility index (Phi) is 3.73. The Hall–Kier alpha value is -2.40. The molecule has 0 aliphatic heterocycles. The Bertz CT molecular complexity index is 984. The summed E-state index contributed by atoms with van der Waals surface area (Å²) in [6, 6.07) is 6.45. The summed E-state index contributed by atoms with van der Waals surface area (Å²) in [5.41, 5.74) is 6.73. The molecule has 0 saturated carbocycles. The Balaban J connectivity index is 1.69. The molecule has 120 valence electrons. The highest BCUT2D eigenvalue weighted by molar-refractivity contribution is 9.10. The molecule has 3 aromatic rings. The van der Waals surface area contributed by atoms with Crippen molar-refractivity contribution in [1.29, 1.82) is 0 Å². The third-order valence-corrected chi connectivity index (χ3v) is 4.64. The molecular formula is C19H17BrN4. The second-order valence-corrected chi connectivity index (χ2v) is 6.79. The Morgan fingerprint density at radius 2 is 2.29 bits per heavy atom. The van der Waals surface area contributed by atoms with Gasteiger partial charge in [-0.15, -0.1) is 0 Å². The standard InChI is InChI=1S/C19H17BrN4/c1-12(2)16-10-22-19-18(23-17(20)11-24(16)19)21-9-14-7-3-5-13-6-4-8-15(13)14/h3-5,7-8,10-11H,1,6,9H2,2H3,(H,21,23). The van der Waals surface area contributed by atoms with E-state index in [2.05, 4.69) is 68.1 Å². The maximum Gasteiger partial charge on any atom is 0.180 e. The molecule has 1 aliphatic carbocycles. The van der Waals surface area contributed by atoms with Crippen LogP contribution in [0.5, 0.6) is 0 Å². The zero-order valence-corrected chi connectivity index (χ0v) is 15.0. The smallest absolute Gasteiger partial charge is 0.180 e. The Labute approximate surface area is 149 Å². The molecule has 0 bridgehead atoms. The van der Waals surface area contributed by atoms with Crippen molar-refractivity contribution in [2.24, 2.45) is 0 Å². The number of anilines is 1. The summed E-state index contributed by atoms with van der Waals surface area (Å²) in [6.07, 6.45) is 9.17. The van der Waals surface area contributed by atoms with E-state index in [1.165, 1.54) is 16.7 Å². The van der Waals surface area contributed by atoms with Gasteiger partial charge >= 0.3 is 0 Å². The van der Waals surface area contributed by atoms with E-state index in [1.54, 1.807) is 0 Å². The van der Waals surface area contributed by atoms with E-state index in [9.17, 15) is 0 Å². The van der Waals surface area contributed by atoms with Crippen LogP contribution in [0.25, 0.3) is 17.3 Å². The first-order valence-electron chi connectivity index (χ1n) is 7.84. The van der Waals surface area contributed by atoms with Crippen molar-refractivity contribution in [3.05, 3.63) is 70.2 Å². The fourth-order valence-corrected chi connectivity index (χ4v) is 3.47. The molecule has 5 heteroatoms. The molecule has 0 unspecified atom stereocenters. The maximum atomic E-state index is 4.56. The van der Waals surface area contributed by atoms with Gasteiger partial charge in [0.05, 0.1) is 11.9 Å². The second-order valence-electron chi connectivity index (χ2n) is 5.98. The molecule has 0 amide bonds. The summed E-state index contributed by atoms with van der Waals surface area (Å²) in [6.45, 7) is 6.70. The Morgan fingerprint density at radius 1 is 1.42 bits per heavy atom. The molecule has 2 heterocycles. The predicted octanol–water partition coefficient (Wildman–Crippen LogP) is 4.71. The molecule has 0 atom stereocenters. The van der Waals surface area contributed by atoms with Gasteiger partial charge in [0.15, 0.2) is 11.5 Å². The molecule has 24 heavy (non-hydrogen) atoms. The summed E-state index contributed by atoms with van der Waals surface area (Å²) in [5.74, 6) is 0.761. The quantitative estimate of drug-likeness (QED) is 0.712. The summed E-state index contributed by atoms with van der Waals surface area (Å²) >= 11 is 3.49. The van der Waals surface area contributed by atoms with Crippen molar-refractivity contribution in [1.82, 2.24) is 14.4 Å². The summed E-state index contributed by atoms with van der Waals surface area (Å²) in [4.78, 5) is 9.07. The molecular weight excluding hydrogens is 364 g/mol. The van der Waals surface area contributed by atoms with Crippen molar-refractivity contribution in [3.63, 3.8) is 0 Å². The van der Waals surface area contributed by atoms with Gasteiger partial charge in [-0.3, -0.25) is 4.40 Å². The number of imidazole rings is 1. The summed E-state index contributed by atoms with van der Waals surface area (Å²) in [5, 5.41) is 3.44. The number of halogens is 1. The van der Waals surface area contributed by atoms with E-state index >= 15 is 0 Å². The van der Waals surface area contributed by atoms with E-state index in [0.29, 0.717) is 6.54 Å². The van der Waals surface area contributed by atoms with Crippen molar-refractivity contribution in [2.75, 3.05) is 5.32 Å². The maximum absolute atomic E-state index is 4.56. The van der Waals surface area contributed by atoms with Gasteiger partial charge in [0.2, 0.25) is 0 Å². The molecule has 0 saturated heterocycles. The lowest BCUT2D eigenvalue weighted by molar-refractivity contribution is 1.04. The first-order valence-corrected chi connectivity index (χ1v) is 8.63. The van der Waals surface area contributed by atoms with E-state index in [0.717, 1.165) is 33.8 Å². The van der Waals surface area contributed by atoms with Crippen LogP contribution >= 0.6 is 15.9 Å². The van der Waals surface area contributed by atoms with E-state index in [1.807, 2.05) is 23.7 Å². The lowest BCUT2D eigenvalue weighted by Gasteiger charge is -2.11. The molecule has 1 aliphatic rings. The Morgan fingerprint density at radius 3 is 3.12 bits per heavy atom. The number of fused-ring (bicyclic) bond motifs is 2. The van der Waals surface area contributed by atoms with Crippen LogP contribution in [0.1, 0.15) is 29.3 Å². The van der Waals surface area contributed by atoms with Crippen LogP contribution in [0.4, 0.5) is 5.82 Å². The third kappa shape index (κ3) is 2.55. The largest absolute Gasteiger partial charge is 0.363 e. The zero-order chi connectivity index (χ0) is 16.7. The van der Waals surface area contributed by atoms with Crippen LogP contribution in [-0.2, 0) is 13.0 Å². The van der Waals surface area contributed by atoms with Gasteiger partial charge in [0.1, 0.15) is 4.60 Å². The lowest BCUT2D eigenvalue weighted by atomic mass is 10.0. The van der Waals surface area contributed by atoms with Gasteiger partial charge in [0.25, 0.3) is 0 Å². The highest BCUT2D eigenvalue weighted by Gasteiger charge is 2.13. The highest BCUT2D eigenvalue weighted by atomic mass is 79.9. The van der Waals surface area contributed by atoms with Gasteiger partial charge in [0, 0.05) is 12.7 Å². The topological polar surface area (TPSA) is 42.2 Å². The molecule has 0 spiro atoms. The molecule has 4 rings (SSSR count). The average Bonchev–Trinajstić information content (AvgIpc) is 3.18. The predicted molar refractivity (Wildman–Crippen MR) is 102 cm³/mol. The van der Waals surface area contributed by atoms with Gasteiger partial charge in [-0.25, -0.2) is 9.97 Å². The van der Waals surface area contributed by atoms with Crippen LogP contribution in [0.2, 0.25) is 0 Å². The fraction of sp³-hybridized carbons (Fsp3) is 0.158. The van der Waals surface area contributed by atoms with Crippen LogP contribution < -0.4 is 5.32 Å². The van der Waals surface area contributed by atoms with Crippen molar-refractivity contribution < 1.29 is 0 Å². The van der Waals surface area contributed by atoms with Crippen molar-refractivity contribution in [2.45, 2.75) is 19.9 Å². The highest BCUT2D eigenvalue weighted by Crippen LogP contribution is 2.26. The molecule has 0 radical (unpaired) electrons. The molecule has 2 aromatic heterocycles. The van der Waals surface area contributed by atoms with E-state index in [4.69, 9.17) is 0 Å². The van der Waals surface area contributed by atoms with E-state index in [-0.39, 0.29) is 0 Å². The zero-order valence-electron chi connectivity index (χ0n) is 13.4. The third-order valence-electron chi connectivity index (χ3n) is 4.26. The minimum Gasteiger partial charge on any atom is -0.363 e. The van der Waals surface area contributed by atoms with Gasteiger partial charge in [-0.1, -0.05) is 36.9 Å². The number of nitrogens with one attached hydrogen (secondary N) is 1. The van der Waals surface area contributed by atoms with Crippen LogP contribution in [-0.4, -0.2) is 14.4 Å². The number of allylic oxidation sites excluding steroid dienone is 2. The number of rotatable bonds is 4. The molecule has 1 aromatic carbocycles. The van der Waals surface area contributed by atoms with Gasteiger partial charge in [-0.05, 0) is 51.5 Å². The van der Waals surface area contributed by atoms with Crippen LogP contribution in [0, 0.1) is 0 Å². The minimum atomic E-state index is 0.710. The first kappa shape index (κ1) is 15.1. The van der Waals surface area contributed by atoms with Gasteiger partial charge in [-0.2, -0.15) is 0 Å². The number of aromatic nitrogens is 3. The second kappa shape index (κ2) is 5.91. The van der Waals surface area contributed by atoms with Crippen LogP contribution in [0.3, 0.4) is 0 Å². The molecule has 1 N–H and O–H groups in total. The first-order chi connectivity index (χ1) is 11.6. The van der Waals surface area contributed by atoms with Crippen LogP contribution in [0.15, 0.2) is 47.9 Å². The lowest BCUT2D eigenvalue weighted by Crippen LogP contribution is -2.06. The molecule has 0 fully saturated rings.